The highest BCUT2D eigenvalue weighted by Crippen LogP contribution is 2.17. The second-order valence-corrected chi connectivity index (χ2v) is 14.3. The molecule has 0 aromatic carbocycles. The first-order valence-electron chi connectivity index (χ1n) is 20.8. The molecule has 384 valence electrons. The van der Waals surface area contributed by atoms with Crippen LogP contribution in [0.25, 0.3) is 5.82 Å². The lowest BCUT2D eigenvalue weighted by atomic mass is 10.4. The Kier molecular flexibility index (Phi) is 24.2. The topological polar surface area (TPSA) is 390 Å². The Balaban J connectivity index is 0.000000242. The van der Waals surface area contributed by atoms with Crippen molar-refractivity contribution in [3.8, 4) is 35.1 Å². The van der Waals surface area contributed by atoms with Crippen molar-refractivity contribution in [1.82, 2.24) is 74.4 Å². The van der Waals surface area contributed by atoms with Crippen molar-refractivity contribution in [2.45, 2.75) is 13.3 Å². The highest BCUT2D eigenvalue weighted by atomic mass is 16.5. The maximum Gasteiger partial charge on any atom is 0.354 e. The number of carboxylic acid groups (broad SMARTS) is 5. The molecule has 7 rings (SSSR count). The summed E-state index contributed by atoms with van der Waals surface area (Å²) in [5.41, 5.74) is 0.521. The average Bonchev–Trinajstić information content (AvgIpc) is 3.82. The molecule has 29 nitrogen and oxygen atoms in total. The zero-order valence-corrected chi connectivity index (χ0v) is 39.9. The summed E-state index contributed by atoms with van der Waals surface area (Å²) in [4.78, 5) is 97.6. The van der Waals surface area contributed by atoms with Crippen molar-refractivity contribution >= 4 is 29.8 Å². The molecule has 7 aromatic heterocycles. The standard InChI is InChI=1S/C10H7N3O3.C10H15N3O3.C9H8N4O2.C9H13N3O3.C6H6N2O3/c14-10(15)8-4-9(13-6-12-8)16-7-2-1-3-11-5-7;1-13(2)4-3-5-16-9-6-8(10(14)15)11-7-12-9;1-6-2-3-12-13(6)8-4-7(9(14)15)10-5-11-8;1-12(2)3-4-15-8-5-7(9(13)14)10-6-11-8;1-11-5-2-4(6(9)10)7-3-8-5/h1-6H,(H,14,15);6-7H,3-5H2,1-2H3,(H,14,15);2-5H,1H3,(H,14,15);5-6H,3-4H2,1-2H3,(H,13,14);2-3H,1H3,(H,9,10). The number of hydrogen-bond donors (Lipinski definition) is 5. The molecule has 0 aliphatic heterocycles. The van der Waals surface area contributed by atoms with E-state index >= 15 is 0 Å². The number of ether oxygens (including phenoxy) is 4. The molecule has 0 aliphatic carbocycles. The number of rotatable bonds is 18. The molecule has 7 heterocycles. The molecule has 0 amide bonds. The van der Waals surface area contributed by atoms with E-state index in [0.717, 1.165) is 37.9 Å². The summed E-state index contributed by atoms with van der Waals surface area (Å²) in [6, 6.07) is 11.7. The van der Waals surface area contributed by atoms with E-state index in [-0.39, 0.29) is 46.1 Å². The molecule has 0 atom stereocenters. The van der Waals surface area contributed by atoms with Gasteiger partial charge in [0, 0.05) is 61.5 Å². The predicted octanol–water partition coefficient (Wildman–Crippen LogP) is 2.83. The van der Waals surface area contributed by atoms with Gasteiger partial charge < -0.3 is 54.3 Å². The summed E-state index contributed by atoms with van der Waals surface area (Å²) in [5, 5.41) is 47.3. The summed E-state index contributed by atoms with van der Waals surface area (Å²) in [6.07, 6.45) is 11.4. The number of nitrogens with zero attached hydrogens (tertiary/aromatic N) is 15. The van der Waals surface area contributed by atoms with Crippen molar-refractivity contribution in [3.05, 3.63) is 133 Å². The van der Waals surface area contributed by atoms with Crippen LogP contribution in [0.3, 0.4) is 0 Å². The van der Waals surface area contributed by atoms with Gasteiger partial charge in [-0.25, -0.2) is 78.5 Å². The molecule has 0 aliphatic rings. The average molecular weight is 1010 g/mol. The number of aromatic nitrogens is 13. The van der Waals surface area contributed by atoms with Crippen LogP contribution < -0.4 is 18.9 Å². The van der Waals surface area contributed by atoms with Gasteiger partial charge in [-0.15, -0.1) is 0 Å². The normalized spacial score (nSPS) is 10.0. The quantitative estimate of drug-likeness (QED) is 0.0771. The van der Waals surface area contributed by atoms with Crippen LogP contribution >= 0.6 is 0 Å². The molecule has 0 bridgehead atoms. The predicted molar refractivity (Wildman–Crippen MR) is 250 cm³/mol. The van der Waals surface area contributed by atoms with E-state index in [1.54, 1.807) is 29.2 Å². The van der Waals surface area contributed by atoms with Crippen LogP contribution in [0.5, 0.6) is 29.3 Å². The van der Waals surface area contributed by atoms with Crippen LogP contribution in [-0.2, 0) is 0 Å². The molecule has 29 heteroatoms. The van der Waals surface area contributed by atoms with Gasteiger partial charge in [0.05, 0.1) is 19.9 Å². The third-order valence-corrected chi connectivity index (χ3v) is 8.22. The summed E-state index contributed by atoms with van der Waals surface area (Å²) < 4.78 is 22.1. The van der Waals surface area contributed by atoms with Crippen LogP contribution in [0.1, 0.15) is 64.6 Å². The Labute approximate surface area is 414 Å². The summed E-state index contributed by atoms with van der Waals surface area (Å²) >= 11 is 0. The largest absolute Gasteiger partial charge is 0.481 e. The van der Waals surface area contributed by atoms with Crippen molar-refractivity contribution in [3.63, 3.8) is 0 Å². The maximum absolute atomic E-state index is 10.7. The van der Waals surface area contributed by atoms with E-state index in [4.69, 9.17) is 44.5 Å². The fraction of sp³-hybridized carbons (Fsp3) is 0.250. The van der Waals surface area contributed by atoms with Gasteiger partial charge in [0.15, 0.2) is 34.3 Å². The lowest BCUT2D eigenvalue weighted by Gasteiger charge is -2.10. The van der Waals surface area contributed by atoms with E-state index < -0.39 is 29.8 Å². The molecule has 0 saturated carbocycles. The van der Waals surface area contributed by atoms with E-state index in [1.807, 2.05) is 51.0 Å². The number of likely N-dealkylation sites (N-methyl/N-ethyl adjacent to an activating group) is 1. The van der Waals surface area contributed by atoms with E-state index in [9.17, 15) is 24.0 Å². The molecule has 7 aromatic rings. The van der Waals surface area contributed by atoms with Gasteiger partial charge in [-0.05, 0) is 59.7 Å². The lowest BCUT2D eigenvalue weighted by molar-refractivity contribution is 0.0679. The Morgan fingerprint density at radius 2 is 0.973 bits per heavy atom. The van der Waals surface area contributed by atoms with Crippen LogP contribution in [0.4, 0.5) is 0 Å². The van der Waals surface area contributed by atoms with Crippen molar-refractivity contribution in [1.29, 1.82) is 0 Å². The fourth-order valence-electron chi connectivity index (χ4n) is 4.76. The second kappa shape index (κ2) is 30.7. The van der Waals surface area contributed by atoms with E-state index in [2.05, 4.69) is 59.9 Å². The number of pyridine rings is 1. The third-order valence-electron chi connectivity index (χ3n) is 8.22. The van der Waals surface area contributed by atoms with Gasteiger partial charge >= 0.3 is 29.8 Å². The number of hydrogen-bond acceptors (Lipinski definition) is 23. The first-order chi connectivity index (χ1) is 34.9. The van der Waals surface area contributed by atoms with E-state index in [0.29, 0.717) is 30.7 Å². The van der Waals surface area contributed by atoms with Gasteiger partial charge in [0.1, 0.15) is 44.0 Å². The van der Waals surface area contributed by atoms with Crippen LogP contribution in [0, 0.1) is 6.92 Å². The molecule has 73 heavy (non-hydrogen) atoms. The number of methoxy groups -OCH3 is 1. The Hall–Kier alpha value is -9.77. The van der Waals surface area contributed by atoms with Crippen LogP contribution in [0.15, 0.2) is 98.8 Å². The highest BCUT2D eigenvalue weighted by Gasteiger charge is 2.11. The first kappa shape index (κ1) is 57.5. The Bertz CT molecular complexity index is 2860. The zero-order valence-electron chi connectivity index (χ0n) is 39.9. The third kappa shape index (κ3) is 22.0. The maximum atomic E-state index is 10.7. The van der Waals surface area contributed by atoms with Crippen LogP contribution in [0.2, 0.25) is 0 Å². The minimum atomic E-state index is -1.13. The van der Waals surface area contributed by atoms with Gasteiger partial charge in [-0.3, -0.25) is 4.98 Å². The SMILES string of the molecule is CN(C)CCCOc1cc(C(=O)O)ncn1.CN(C)CCOc1cc(C(=O)O)ncn1.COc1cc(C(=O)O)ncn1.Cc1ccnn1-c1cc(C(=O)O)ncn1.O=C(O)c1cc(Oc2cccnc2)ncn1. The lowest BCUT2D eigenvalue weighted by Crippen LogP contribution is -2.19. The van der Waals surface area contributed by atoms with Gasteiger partial charge in [0.2, 0.25) is 23.5 Å². The molecule has 0 spiro atoms. The monoisotopic (exact) mass is 1010 g/mol. The molecule has 0 unspecified atom stereocenters. The van der Waals surface area contributed by atoms with Gasteiger partial charge in [-0.1, -0.05) is 0 Å². The van der Waals surface area contributed by atoms with Gasteiger partial charge in [0.25, 0.3) is 0 Å². The van der Waals surface area contributed by atoms with Crippen molar-refractivity contribution in [2.24, 2.45) is 0 Å². The smallest absolute Gasteiger partial charge is 0.354 e. The summed E-state index contributed by atoms with van der Waals surface area (Å²) in [6.45, 7) is 4.48. The fourth-order valence-corrected chi connectivity index (χ4v) is 4.76. The van der Waals surface area contributed by atoms with Crippen LogP contribution in [-0.4, -0.2) is 191 Å². The number of carboxylic acids is 5. The number of aryl methyl sites for hydroxylation is 1. The van der Waals surface area contributed by atoms with Crippen molar-refractivity contribution < 1.29 is 68.5 Å². The zero-order chi connectivity index (χ0) is 53.7. The molecule has 0 radical (unpaired) electrons. The number of carbonyl (C=O) groups is 5. The molecule has 0 saturated heterocycles. The summed E-state index contributed by atoms with van der Waals surface area (Å²) in [7, 11) is 9.21. The van der Waals surface area contributed by atoms with Gasteiger partial charge in [-0.2, -0.15) is 5.10 Å². The Morgan fingerprint density at radius 3 is 1.41 bits per heavy atom. The minimum absolute atomic E-state index is 0.0464. The second-order valence-electron chi connectivity index (χ2n) is 14.3. The summed E-state index contributed by atoms with van der Waals surface area (Å²) in [5.74, 6) is -3.54. The highest BCUT2D eigenvalue weighted by molar-refractivity contribution is 5.87. The molecule has 5 N–H and O–H groups in total. The molecular formula is C44H49N15O14. The molecular weight excluding hydrogens is 963 g/mol. The number of aromatic carboxylic acids is 5. The molecule has 0 fully saturated rings. The van der Waals surface area contributed by atoms with E-state index in [1.165, 1.54) is 62.6 Å². The van der Waals surface area contributed by atoms with Crippen molar-refractivity contribution in [2.75, 3.05) is 61.6 Å². The first-order valence-corrected chi connectivity index (χ1v) is 20.8. The minimum Gasteiger partial charge on any atom is -0.481 e. The Morgan fingerprint density at radius 1 is 0.534 bits per heavy atom.